The van der Waals surface area contributed by atoms with E-state index in [0.717, 1.165) is 6.42 Å². The van der Waals surface area contributed by atoms with Crippen LogP contribution in [0, 0.1) is 0 Å². The minimum absolute atomic E-state index is 0.0327. The summed E-state index contributed by atoms with van der Waals surface area (Å²) in [5, 5.41) is 0. The van der Waals surface area contributed by atoms with Crippen molar-refractivity contribution in [3.8, 4) is 11.5 Å². The Labute approximate surface area is 112 Å². The predicted octanol–water partition coefficient (Wildman–Crippen LogP) is 1.39. The van der Waals surface area contributed by atoms with Crippen LogP contribution in [0.25, 0.3) is 0 Å². The number of benzene rings is 1. The zero-order valence-electron chi connectivity index (χ0n) is 11.2. The van der Waals surface area contributed by atoms with Crippen LogP contribution in [0.5, 0.6) is 11.5 Å². The van der Waals surface area contributed by atoms with Gasteiger partial charge in [0.15, 0.2) is 5.78 Å². The van der Waals surface area contributed by atoms with Crippen LogP contribution < -0.4 is 15.2 Å². The third-order valence-electron chi connectivity index (χ3n) is 3.34. The summed E-state index contributed by atoms with van der Waals surface area (Å²) in [6.45, 7) is 0.437. The molecular formula is C14H19NO4. The molecule has 2 atom stereocenters. The van der Waals surface area contributed by atoms with Crippen molar-refractivity contribution < 1.29 is 19.0 Å². The molecule has 5 nitrogen and oxygen atoms in total. The molecule has 19 heavy (non-hydrogen) atoms. The van der Waals surface area contributed by atoms with Gasteiger partial charge in [-0.05, 0) is 25.0 Å². The van der Waals surface area contributed by atoms with Crippen molar-refractivity contribution in [2.45, 2.75) is 25.0 Å². The minimum Gasteiger partial charge on any atom is -0.496 e. The molecule has 0 saturated carbocycles. The largest absolute Gasteiger partial charge is 0.496 e. The molecule has 0 amide bonds. The molecule has 1 aliphatic rings. The van der Waals surface area contributed by atoms with Crippen LogP contribution in [0.1, 0.15) is 23.2 Å². The third kappa shape index (κ3) is 2.72. The van der Waals surface area contributed by atoms with Gasteiger partial charge in [0.2, 0.25) is 0 Å². The maximum absolute atomic E-state index is 12.5. The number of carbonyl (C=O) groups is 1. The molecule has 2 rings (SSSR count). The van der Waals surface area contributed by atoms with Crippen LogP contribution >= 0.6 is 0 Å². The van der Waals surface area contributed by atoms with Crippen molar-refractivity contribution in [2.24, 2.45) is 5.73 Å². The summed E-state index contributed by atoms with van der Waals surface area (Å²) in [6.07, 6.45) is 1.00. The molecule has 0 bridgehead atoms. The summed E-state index contributed by atoms with van der Waals surface area (Å²) in [5.41, 5.74) is 6.00. The molecule has 1 saturated heterocycles. The number of rotatable bonds is 5. The van der Waals surface area contributed by atoms with Gasteiger partial charge in [-0.15, -0.1) is 0 Å². The van der Waals surface area contributed by atoms with E-state index in [1.807, 2.05) is 0 Å². The number of hydrogen-bond acceptors (Lipinski definition) is 5. The van der Waals surface area contributed by atoms with Crippen molar-refractivity contribution in [1.29, 1.82) is 0 Å². The lowest BCUT2D eigenvalue weighted by molar-refractivity contribution is 0.0400. The molecular weight excluding hydrogens is 246 g/mol. The normalized spacial score (nSPS) is 22.3. The Morgan fingerprint density at radius 3 is 2.42 bits per heavy atom. The van der Waals surface area contributed by atoms with Gasteiger partial charge in [0.25, 0.3) is 0 Å². The molecule has 5 heteroatoms. The second-order valence-electron chi connectivity index (χ2n) is 4.46. The SMILES string of the molecule is COc1cccc(OC)c1C(=O)C1CCC(CN)O1. The lowest BCUT2D eigenvalue weighted by atomic mass is 10.0. The first-order chi connectivity index (χ1) is 9.21. The van der Waals surface area contributed by atoms with Gasteiger partial charge in [0, 0.05) is 6.54 Å². The molecule has 0 aliphatic carbocycles. The lowest BCUT2D eigenvalue weighted by Gasteiger charge is -2.16. The average Bonchev–Trinajstić information content (AvgIpc) is 2.94. The van der Waals surface area contributed by atoms with E-state index in [9.17, 15) is 4.79 Å². The van der Waals surface area contributed by atoms with E-state index in [1.54, 1.807) is 18.2 Å². The first-order valence-corrected chi connectivity index (χ1v) is 6.32. The van der Waals surface area contributed by atoms with E-state index in [1.165, 1.54) is 14.2 Å². The molecule has 1 fully saturated rings. The monoisotopic (exact) mass is 265 g/mol. The van der Waals surface area contributed by atoms with Crippen molar-refractivity contribution in [3.05, 3.63) is 23.8 Å². The second kappa shape index (κ2) is 6.04. The Bertz CT molecular complexity index is 439. The topological polar surface area (TPSA) is 70.8 Å². The molecule has 1 aromatic carbocycles. The molecule has 0 spiro atoms. The highest BCUT2D eigenvalue weighted by molar-refractivity contribution is 6.04. The average molecular weight is 265 g/mol. The number of Topliss-reactive ketones (excluding diaryl/α,β-unsaturated/α-hetero) is 1. The van der Waals surface area contributed by atoms with Crippen LogP contribution in [-0.4, -0.2) is 38.8 Å². The summed E-state index contributed by atoms with van der Waals surface area (Å²) in [6, 6.07) is 5.27. The van der Waals surface area contributed by atoms with Gasteiger partial charge in [-0.2, -0.15) is 0 Å². The summed E-state index contributed by atoms with van der Waals surface area (Å²) in [4.78, 5) is 12.5. The van der Waals surface area contributed by atoms with Gasteiger partial charge in [-0.25, -0.2) is 0 Å². The van der Waals surface area contributed by atoms with Gasteiger partial charge in [0.1, 0.15) is 23.2 Å². The Balaban J connectivity index is 2.28. The van der Waals surface area contributed by atoms with Crippen molar-refractivity contribution >= 4 is 5.78 Å². The predicted molar refractivity (Wildman–Crippen MR) is 70.8 cm³/mol. The fourth-order valence-electron chi connectivity index (χ4n) is 2.33. The summed E-state index contributed by atoms with van der Waals surface area (Å²) in [5.74, 6) is 0.901. The number of hydrogen-bond donors (Lipinski definition) is 1. The minimum atomic E-state index is -0.459. The number of ether oxygens (including phenoxy) is 3. The van der Waals surface area contributed by atoms with E-state index in [-0.39, 0.29) is 11.9 Å². The maximum atomic E-state index is 12.5. The highest BCUT2D eigenvalue weighted by Crippen LogP contribution is 2.32. The molecule has 2 N–H and O–H groups in total. The smallest absolute Gasteiger partial charge is 0.199 e. The van der Waals surface area contributed by atoms with Crippen molar-refractivity contribution in [1.82, 2.24) is 0 Å². The van der Waals surface area contributed by atoms with Gasteiger partial charge < -0.3 is 19.9 Å². The number of nitrogens with two attached hydrogens (primary N) is 1. The van der Waals surface area contributed by atoms with Crippen molar-refractivity contribution in [3.63, 3.8) is 0 Å². The third-order valence-corrected chi connectivity index (χ3v) is 3.34. The highest BCUT2D eigenvalue weighted by Gasteiger charge is 2.33. The Hall–Kier alpha value is -1.59. The van der Waals surface area contributed by atoms with E-state index in [0.29, 0.717) is 30.0 Å². The highest BCUT2D eigenvalue weighted by atomic mass is 16.5. The van der Waals surface area contributed by atoms with Crippen LogP contribution in [0.3, 0.4) is 0 Å². The van der Waals surface area contributed by atoms with Crippen LogP contribution in [-0.2, 0) is 4.74 Å². The van der Waals surface area contributed by atoms with E-state index >= 15 is 0 Å². The molecule has 2 unspecified atom stereocenters. The Kier molecular flexibility index (Phi) is 4.39. The standard InChI is InChI=1S/C14H19NO4/c1-17-10-4-3-5-11(18-2)13(10)14(16)12-7-6-9(8-15)19-12/h3-5,9,12H,6-8,15H2,1-2H3. The van der Waals surface area contributed by atoms with Gasteiger partial charge >= 0.3 is 0 Å². The maximum Gasteiger partial charge on any atom is 0.199 e. The number of ketones is 1. The Morgan fingerprint density at radius 1 is 1.32 bits per heavy atom. The quantitative estimate of drug-likeness (QED) is 0.815. The Morgan fingerprint density at radius 2 is 1.95 bits per heavy atom. The van der Waals surface area contributed by atoms with Gasteiger partial charge in [0.05, 0.1) is 20.3 Å². The first kappa shape index (κ1) is 13.8. The molecule has 1 aromatic rings. The van der Waals surface area contributed by atoms with E-state index < -0.39 is 6.10 Å². The molecule has 0 aromatic heterocycles. The first-order valence-electron chi connectivity index (χ1n) is 6.32. The van der Waals surface area contributed by atoms with Crippen molar-refractivity contribution in [2.75, 3.05) is 20.8 Å². The second-order valence-corrected chi connectivity index (χ2v) is 4.46. The number of carbonyl (C=O) groups excluding carboxylic acids is 1. The summed E-state index contributed by atoms with van der Waals surface area (Å²) < 4.78 is 16.1. The van der Waals surface area contributed by atoms with E-state index in [2.05, 4.69) is 0 Å². The fraction of sp³-hybridized carbons (Fsp3) is 0.500. The molecule has 1 aliphatic heterocycles. The lowest BCUT2D eigenvalue weighted by Crippen LogP contribution is -2.25. The zero-order chi connectivity index (χ0) is 13.8. The van der Waals surface area contributed by atoms with Crippen LogP contribution in [0.15, 0.2) is 18.2 Å². The number of methoxy groups -OCH3 is 2. The fourth-order valence-corrected chi connectivity index (χ4v) is 2.33. The molecule has 104 valence electrons. The zero-order valence-corrected chi connectivity index (χ0v) is 11.2. The van der Waals surface area contributed by atoms with Crippen LogP contribution in [0.4, 0.5) is 0 Å². The van der Waals surface area contributed by atoms with Gasteiger partial charge in [-0.3, -0.25) is 4.79 Å². The summed E-state index contributed by atoms with van der Waals surface area (Å²) >= 11 is 0. The molecule has 0 radical (unpaired) electrons. The van der Waals surface area contributed by atoms with Gasteiger partial charge in [-0.1, -0.05) is 6.07 Å². The van der Waals surface area contributed by atoms with E-state index in [4.69, 9.17) is 19.9 Å². The molecule has 1 heterocycles. The summed E-state index contributed by atoms with van der Waals surface area (Å²) in [7, 11) is 3.06. The van der Waals surface area contributed by atoms with Crippen LogP contribution in [0.2, 0.25) is 0 Å².